The van der Waals surface area contributed by atoms with Crippen molar-refractivity contribution in [3.63, 3.8) is 0 Å². The molecule has 34 heavy (non-hydrogen) atoms. The maximum Gasteiger partial charge on any atom is 3.00 e. The molecule has 0 bridgehead atoms. The van der Waals surface area contributed by atoms with Gasteiger partial charge in [-0.1, -0.05) is 75.7 Å². The van der Waals surface area contributed by atoms with Crippen LogP contribution in [0.4, 0.5) is 0 Å². The fourth-order valence-electron chi connectivity index (χ4n) is 1.33. The molecule has 3 atom stereocenters. The predicted molar refractivity (Wildman–Crippen MR) is 146 cm³/mol. The van der Waals surface area contributed by atoms with E-state index in [1.165, 1.54) is 0 Å². The Labute approximate surface area is 230 Å². The van der Waals surface area contributed by atoms with Crippen molar-refractivity contribution in [2.75, 3.05) is 37.1 Å². The third-order valence-electron chi connectivity index (χ3n) is 2.72. The van der Waals surface area contributed by atoms with Gasteiger partial charge in [-0.2, -0.15) is 0 Å². The van der Waals surface area contributed by atoms with E-state index in [1.54, 1.807) is 0 Å². The van der Waals surface area contributed by atoms with Crippen molar-refractivity contribution in [2.45, 2.75) is 80.1 Å². The first kappa shape index (κ1) is 43.1. The van der Waals surface area contributed by atoms with E-state index in [0.29, 0.717) is 37.1 Å². The van der Waals surface area contributed by atoms with Gasteiger partial charge in [0.2, 0.25) is 0 Å². The monoisotopic (exact) mass is 618 g/mol. The molecule has 204 valence electrons. The largest absolute Gasteiger partial charge is 3.00 e. The van der Waals surface area contributed by atoms with Crippen LogP contribution < -0.4 is 14.7 Å². The standard InChI is InChI=1S/3C6H15O3PS.Al/c3*1-3-5-9-10(7,8)11-6-4-2;/h3*3-6H2,1-2H3,(H,7,8);/q;;;+3/p-3. The average molecular weight is 619 g/mol. The smallest absolute Gasteiger partial charge is 0.770 e. The fraction of sp³-hybridized carbons (Fsp3) is 1.00. The van der Waals surface area contributed by atoms with Gasteiger partial charge in [0.15, 0.2) is 20.4 Å². The topological polar surface area (TPSA) is 148 Å². The van der Waals surface area contributed by atoms with E-state index in [9.17, 15) is 28.4 Å². The zero-order chi connectivity index (χ0) is 26.2. The van der Waals surface area contributed by atoms with Gasteiger partial charge in [-0.25, -0.2) is 0 Å². The predicted octanol–water partition coefficient (Wildman–Crippen LogP) is 5.69. The van der Waals surface area contributed by atoms with Crippen molar-refractivity contribution in [1.29, 1.82) is 0 Å². The second kappa shape index (κ2) is 28.1. The third kappa shape index (κ3) is 36.2. The maximum absolute atomic E-state index is 10.9. The summed E-state index contributed by atoms with van der Waals surface area (Å²) in [5, 5.41) is 0. The molecule has 0 aliphatic heterocycles. The Morgan fingerprint density at radius 2 is 0.706 bits per heavy atom. The summed E-state index contributed by atoms with van der Waals surface area (Å²) in [7, 11) is 0. The molecular formula is C18H42AlO9P3S3. The average Bonchev–Trinajstić information content (AvgIpc) is 2.77. The summed E-state index contributed by atoms with van der Waals surface area (Å²) in [6.45, 7) is 1.68. The van der Waals surface area contributed by atoms with Gasteiger partial charge >= 0.3 is 17.4 Å². The van der Waals surface area contributed by atoms with Gasteiger partial charge in [0.1, 0.15) is 0 Å². The summed E-state index contributed by atoms with van der Waals surface area (Å²) in [5.74, 6) is 1.85. The molecule has 0 aliphatic carbocycles. The van der Waals surface area contributed by atoms with Crippen LogP contribution in [-0.4, -0.2) is 54.4 Å². The molecule has 0 radical (unpaired) electrons. The quantitative estimate of drug-likeness (QED) is 0.137. The summed E-state index contributed by atoms with van der Waals surface area (Å²) in [4.78, 5) is 32.8. The second-order valence-electron chi connectivity index (χ2n) is 6.34. The van der Waals surface area contributed by atoms with Crippen LogP contribution in [0.2, 0.25) is 0 Å². The molecule has 3 unspecified atom stereocenters. The molecule has 0 spiro atoms. The van der Waals surface area contributed by atoms with Crippen molar-refractivity contribution in [3.05, 3.63) is 0 Å². The van der Waals surface area contributed by atoms with Gasteiger partial charge in [0.05, 0.1) is 19.8 Å². The van der Waals surface area contributed by atoms with E-state index in [-0.39, 0.29) is 17.4 Å². The molecule has 0 rings (SSSR count). The molecular weight excluding hydrogens is 576 g/mol. The van der Waals surface area contributed by atoms with Crippen molar-refractivity contribution in [1.82, 2.24) is 0 Å². The molecule has 0 aromatic carbocycles. The Balaban J connectivity index is -0.000000196. The minimum absolute atomic E-state index is 0. The Bertz CT molecular complexity index is 466. The first-order chi connectivity index (χ1) is 15.4. The van der Waals surface area contributed by atoms with Gasteiger partial charge in [-0.3, -0.25) is 13.7 Å². The SMILES string of the molecule is CCCOP(=O)([O-])SCCC.CCCOP(=O)([O-])SCCC.CCCOP(=O)([O-])SCCC.[Al+3]. The van der Waals surface area contributed by atoms with E-state index in [1.807, 2.05) is 41.5 Å². The molecule has 0 fully saturated rings. The van der Waals surface area contributed by atoms with Gasteiger partial charge < -0.3 is 28.3 Å². The van der Waals surface area contributed by atoms with E-state index in [2.05, 4.69) is 13.6 Å². The molecule has 0 aliphatic rings. The van der Waals surface area contributed by atoms with Crippen LogP contribution in [0.25, 0.3) is 0 Å². The van der Waals surface area contributed by atoms with Crippen molar-refractivity contribution in [2.24, 2.45) is 0 Å². The van der Waals surface area contributed by atoms with E-state index >= 15 is 0 Å². The van der Waals surface area contributed by atoms with Crippen LogP contribution in [0.15, 0.2) is 0 Å². The summed E-state index contributed by atoms with van der Waals surface area (Å²) in [6, 6.07) is 0. The maximum atomic E-state index is 10.9. The fourth-order valence-corrected chi connectivity index (χ4v) is 8.99. The van der Waals surface area contributed by atoms with Gasteiger partial charge in [-0.15, -0.1) is 0 Å². The van der Waals surface area contributed by atoms with Crippen molar-refractivity contribution < 1.29 is 41.9 Å². The van der Waals surface area contributed by atoms with Crippen LogP contribution >= 0.6 is 54.5 Å². The molecule has 0 saturated carbocycles. The normalized spacial score (nSPS) is 15.8. The molecule has 9 nitrogen and oxygen atoms in total. The first-order valence-electron chi connectivity index (χ1n) is 11.2. The zero-order valence-electron chi connectivity index (χ0n) is 21.3. The molecule has 0 aromatic heterocycles. The summed E-state index contributed by atoms with van der Waals surface area (Å²) >= 11 is 2.69. The second-order valence-corrected chi connectivity index (χ2v) is 18.1. The Kier molecular flexibility index (Phi) is 35.6. The Morgan fingerprint density at radius 3 is 0.853 bits per heavy atom. The van der Waals surface area contributed by atoms with Gasteiger partial charge in [0.25, 0.3) is 0 Å². The molecule has 0 saturated heterocycles. The number of hydrogen-bond acceptors (Lipinski definition) is 12. The molecule has 0 N–H and O–H groups in total. The third-order valence-corrected chi connectivity index (χ3v) is 12.4. The number of hydrogen-bond donors (Lipinski definition) is 0. The van der Waals surface area contributed by atoms with E-state index in [0.717, 1.165) is 72.7 Å². The minimum Gasteiger partial charge on any atom is -0.770 e. The van der Waals surface area contributed by atoms with E-state index in [4.69, 9.17) is 0 Å². The van der Waals surface area contributed by atoms with Crippen LogP contribution in [0.1, 0.15) is 80.1 Å². The van der Waals surface area contributed by atoms with Crippen LogP contribution in [0.5, 0.6) is 0 Å². The summed E-state index contributed by atoms with van der Waals surface area (Å²) in [5.41, 5.74) is 0. The van der Waals surface area contributed by atoms with Crippen molar-refractivity contribution >= 4 is 71.9 Å². The minimum atomic E-state index is -3.56. The van der Waals surface area contributed by atoms with Gasteiger partial charge in [-0.05, 0) is 38.5 Å². The molecule has 16 heteroatoms. The summed E-state index contributed by atoms with van der Waals surface area (Å²) < 4.78 is 46.7. The van der Waals surface area contributed by atoms with Crippen molar-refractivity contribution in [3.8, 4) is 0 Å². The Hall–Kier alpha value is 2.03. The van der Waals surface area contributed by atoms with Crippen LogP contribution in [-0.2, 0) is 27.3 Å². The zero-order valence-corrected chi connectivity index (χ0v) is 27.6. The van der Waals surface area contributed by atoms with Crippen LogP contribution in [0, 0.1) is 0 Å². The van der Waals surface area contributed by atoms with Gasteiger partial charge in [0, 0.05) is 17.3 Å². The van der Waals surface area contributed by atoms with Crippen LogP contribution in [0.3, 0.4) is 0 Å². The summed E-state index contributed by atoms with van der Waals surface area (Å²) in [6.07, 6.45) is 4.77. The molecule has 0 amide bonds. The molecule has 0 heterocycles. The number of rotatable bonds is 18. The molecule has 0 aromatic rings. The Morgan fingerprint density at radius 1 is 0.500 bits per heavy atom. The van der Waals surface area contributed by atoms with E-state index < -0.39 is 20.4 Å². The first-order valence-corrected chi connectivity index (χ1v) is 20.6.